The van der Waals surface area contributed by atoms with Crippen molar-refractivity contribution in [3.8, 4) is 17.7 Å². The molecule has 0 radical (unpaired) electrons. The van der Waals surface area contributed by atoms with Gasteiger partial charge in [-0.25, -0.2) is 4.39 Å². The summed E-state index contributed by atoms with van der Waals surface area (Å²) in [7, 11) is 0. The number of aryl methyl sites for hydroxylation is 1. The third-order valence-corrected chi connectivity index (χ3v) is 5.05. The summed E-state index contributed by atoms with van der Waals surface area (Å²) in [5.41, 5.74) is 1.49. The van der Waals surface area contributed by atoms with Crippen molar-refractivity contribution in [3.63, 3.8) is 0 Å². The molecule has 3 heterocycles. The highest BCUT2D eigenvalue weighted by molar-refractivity contribution is 5.93. The summed E-state index contributed by atoms with van der Waals surface area (Å²) < 4.78 is 24.3. The van der Waals surface area contributed by atoms with Crippen molar-refractivity contribution in [1.82, 2.24) is 4.98 Å². The van der Waals surface area contributed by atoms with Gasteiger partial charge >= 0.3 is 0 Å². The Morgan fingerprint density at radius 3 is 2.79 bits per heavy atom. The van der Waals surface area contributed by atoms with E-state index in [0.29, 0.717) is 48.8 Å². The summed E-state index contributed by atoms with van der Waals surface area (Å²) in [6.07, 6.45) is 2.72. The van der Waals surface area contributed by atoms with Crippen LogP contribution in [0.4, 0.5) is 16.0 Å². The Labute approximate surface area is 166 Å². The molecule has 1 N–H and O–H groups in total. The molecule has 1 aliphatic rings. The molecule has 2 aromatic heterocycles. The number of nitrogens with zero attached hydrogens (tertiary/aromatic N) is 3. The molecule has 7 nitrogen and oxygen atoms in total. The summed E-state index contributed by atoms with van der Waals surface area (Å²) in [5, 5.41) is 12.3. The maximum absolute atomic E-state index is 13.2. The van der Waals surface area contributed by atoms with Crippen LogP contribution in [0.2, 0.25) is 0 Å². The molecule has 0 aliphatic carbocycles. The van der Waals surface area contributed by atoms with Crippen molar-refractivity contribution in [2.75, 3.05) is 23.3 Å². The first-order valence-electron chi connectivity index (χ1n) is 9.32. The van der Waals surface area contributed by atoms with Gasteiger partial charge in [0.2, 0.25) is 17.5 Å². The average molecular weight is 394 g/mol. The molecule has 4 rings (SSSR count). The molecule has 1 amide bonds. The maximum Gasteiger partial charge on any atom is 0.266 e. The lowest BCUT2D eigenvalue weighted by atomic mass is 9.95. The van der Waals surface area contributed by atoms with Gasteiger partial charge in [-0.2, -0.15) is 10.2 Å². The Hall–Kier alpha value is -3.60. The molecule has 148 valence electrons. The monoisotopic (exact) mass is 394 g/mol. The summed E-state index contributed by atoms with van der Waals surface area (Å²) in [6.45, 7) is 2.87. The molecule has 1 aliphatic heterocycles. The highest BCUT2D eigenvalue weighted by Crippen LogP contribution is 2.31. The first kappa shape index (κ1) is 18.7. The first-order valence-corrected chi connectivity index (χ1v) is 9.32. The largest absolute Gasteiger partial charge is 0.459 e. The smallest absolute Gasteiger partial charge is 0.266 e. The van der Waals surface area contributed by atoms with Crippen molar-refractivity contribution in [3.05, 3.63) is 53.7 Å². The average Bonchev–Trinajstić information content (AvgIpc) is 3.39. The minimum absolute atomic E-state index is 0.0892. The number of carbonyl (C=O) groups is 1. The molecule has 1 fully saturated rings. The van der Waals surface area contributed by atoms with Crippen LogP contribution in [-0.2, 0) is 4.79 Å². The van der Waals surface area contributed by atoms with Gasteiger partial charge in [-0.1, -0.05) is 0 Å². The zero-order chi connectivity index (χ0) is 20.4. The number of hydrogen-bond acceptors (Lipinski definition) is 6. The van der Waals surface area contributed by atoms with Crippen LogP contribution in [-0.4, -0.2) is 24.0 Å². The molecule has 0 spiro atoms. The van der Waals surface area contributed by atoms with Gasteiger partial charge in [-0.3, -0.25) is 4.79 Å². The standard InChI is InChI=1S/C21H19FN4O3/c1-13-11-15(22)4-5-16(13)24-19(27)14-6-8-26(9-7-14)21-17(12-23)25-20(29-21)18-3-2-10-28-18/h2-5,10-11,14H,6-9H2,1H3,(H,24,27). The summed E-state index contributed by atoms with van der Waals surface area (Å²) >= 11 is 0. The second-order valence-corrected chi connectivity index (χ2v) is 6.97. The third-order valence-electron chi connectivity index (χ3n) is 5.05. The van der Waals surface area contributed by atoms with Crippen molar-refractivity contribution in [2.24, 2.45) is 5.92 Å². The van der Waals surface area contributed by atoms with Crippen molar-refractivity contribution in [2.45, 2.75) is 19.8 Å². The van der Waals surface area contributed by atoms with E-state index < -0.39 is 0 Å². The Morgan fingerprint density at radius 2 is 2.14 bits per heavy atom. The molecular weight excluding hydrogens is 375 g/mol. The highest BCUT2D eigenvalue weighted by Gasteiger charge is 2.29. The number of nitrogens with one attached hydrogen (secondary N) is 1. The number of rotatable bonds is 4. The molecule has 0 atom stereocenters. The second kappa shape index (κ2) is 7.80. The molecular formula is C21H19FN4O3. The number of anilines is 2. The second-order valence-electron chi connectivity index (χ2n) is 6.97. The van der Waals surface area contributed by atoms with E-state index in [2.05, 4.69) is 16.4 Å². The number of piperidine rings is 1. The van der Waals surface area contributed by atoms with Crippen molar-refractivity contribution >= 4 is 17.5 Å². The fraction of sp³-hybridized carbons (Fsp3) is 0.286. The number of amides is 1. The molecule has 0 saturated carbocycles. The number of nitriles is 1. The minimum atomic E-state index is -0.330. The molecule has 1 aromatic carbocycles. The minimum Gasteiger partial charge on any atom is -0.459 e. The Kier molecular flexibility index (Phi) is 5.04. The highest BCUT2D eigenvalue weighted by atomic mass is 19.1. The zero-order valence-electron chi connectivity index (χ0n) is 15.8. The topological polar surface area (TPSA) is 95.3 Å². The van der Waals surface area contributed by atoms with Gasteiger partial charge in [-0.15, -0.1) is 0 Å². The SMILES string of the molecule is Cc1cc(F)ccc1NC(=O)C1CCN(c2oc(-c3ccco3)nc2C#N)CC1. The lowest BCUT2D eigenvalue weighted by Gasteiger charge is -2.31. The van der Waals surface area contributed by atoms with Gasteiger partial charge < -0.3 is 19.1 Å². The van der Waals surface area contributed by atoms with E-state index in [9.17, 15) is 14.4 Å². The van der Waals surface area contributed by atoms with Crippen LogP contribution < -0.4 is 10.2 Å². The first-order chi connectivity index (χ1) is 14.0. The molecule has 29 heavy (non-hydrogen) atoms. The third kappa shape index (κ3) is 3.85. The predicted octanol–water partition coefficient (Wildman–Crippen LogP) is 4.11. The van der Waals surface area contributed by atoms with E-state index in [1.165, 1.54) is 18.4 Å². The number of hydrogen-bond donors (Lipinski definition) is 1. The number of benzene rings is 1. The zero-order valence-corrected chi connectivity index (χ0v) is 15.8. The molecule has 0 unspecified atom stereocenters. The van der Waals surface area contributed by atoms with Crippen LogP contribution in [0, 0.1) is 30.0 Å². The van der Waals surface area contributed by atoms with Gasteiger partial charge in [0.05, 0.1) is 6.26 Å². The van der Waals surface area contributed by atoms with Crippen LogP contribution in [0.3, 0.4) is 0 Å². The van der Waals surface area contributed by atoms with Crippen LogP contribution in [0.1, 0.15) is 24.1 Å². The quantitative estimate of drug-likeness (QED) is 0.716. The molecule has 0 bridgehead atoms. The summed E-state index contributed by atoms with van der Waals surface area (Å²) in [4.78, 5) is 18.7. The lowest BCUT2D eigenvalue weighted by Crippen LogP contribution is -2.38. The van der Waals surface area contributed by atoms with Crippen LogP contribution in [0.15, 0.2) is 45.4 Å². The van der Waals surface area contributed by atoms with Gasteiger partial charge in [0, 0.05) is 24.7 Å². The van der Waals surface area contributed by atoms with Crippen LogP contribution in [0.25, 0.3) is 11.7 Å². The van der Waals surface area contributed by atoms with Crippen molar-refractivity contribution < 1.29 is 18.0 Å². The fourth-order valence-electron chi connectivity index (χ4n) is 3.45. The van der Waals surface area contributed by atoms with E-state index in [1.54, 1.807) is 25.1 Å². The maximum atomic E-state index is 13.2. The summed E-state index contributed by atoms with van der Waals surface area (Å²) in [6, 6.07) is 9.78. The number of halogens is 1. The van der Waals surface area contributed by atoms with Crippen molar-refractivity contribution in [1.29, 1.82) is 5.26 Å². The number of oxazole rings is 1. The Morgan fingerprint density at radius 1 is 1.34 bits per heavy atom. The normalized spacial score (nSPS) is 14.6. The van der Waals surface area contributed by atoms with Crippen LogP contribution >= 0.6 is 0 Å². The van der Waals surface area contributed by atoms with Crippen LogP contribution in [0.5, 0.6) is 0 Å². The van der Waals surface area contributed by atoms with Gasteiger partial charge in [0.25, 0.3) is 5.89 Å². The van der Waals surface area contributed by atoms with Gasteiger partial charge in [-0.05, 0) is 55.7 Å². The predicted molar refractivity (Wildman–Crippen MR) is 104 cm³/mol. The lowest BCUT2D eigenvalue weighted by molar-refractivity contribution is -0.120. The van der Waals surface area contributed by atoms with Gasteiger partial charge in [0.1, 0.15) is 11.9 Å². The van der Waals surface area contributed by atoms with E-state index >= 15 is 0 Å². The molecule has 8 heteroatoms. The number of aromatic nitrogens is 1. The van der Waals surface area contributed by atoms with E-state index in [-0.39, 0.29) is 29.2 Å². The number of furan rings is 1. The van der Waals surface area contributed by atoms with Gasteiger partial charge in [0.15, 0.2) is 5.76 Å². The fourth-order valence-corrected chi connectivity index (χ4v) is 3.45. The molecule has 1 saturated heterocycles. The Bertz CT molecular complexity index is 1060. The Balaban J connectivity index is 1.42. The van der Waals surface area contributed by atoms with E-state index in [0.717, 1.165) is 0 Å². The molecule has 3 aromatic rings. The number of carbonyl (C=O) groups excluding carboxylic acids is 1. The van der Waals surface area contributed by atoms with E-state index in [4.69, 9.17) is 8.83 Å². The summed E-state index contributed by atoms with van der Waals surface area (Å²) in [5.74, 6) is 0.516. The van der Waals surface area contributed by atoms with E-state index in [1.807, 2.05) is 4.90 Å².